The molecule has 6 heteroatoms. The summed E-state index contributed by atoms with van der Waals surface area (Å²) in [6.07, 6.45) is 0. The van der Waals surface area contributed by atoms with Gasteiger partial charge in [-0.05, 0) is 46.3 Å². The number of rotatable bonds is 3. The van der Waals surface area contributed by atoms with Crippen LogP contribution in [0.2, 0.25) is 5.02 Å². The van der Waals surface area contributed by atoms with Gasteiger partial charge < -0.3 is 5.32 Å². The first-order valence-electron chi connectivity index (χ1n) is 5.93. The Kier molecular flexibility index (Phi) is 4.94. The molecule has 0 bridgehead atoms. The molecule has 106 valence electrons. The summed E-state index contributed by atoms with van der Waals surface area (Å²) >= 11 is 9.15. The average Bonchev–Trinajstić information content (AvgIpc) is 2.48. The topological polar surface area (TPSA) is 52.9 Å². The van der Waals surface area contributed by atoms with Crippen LogP contribution >= 0.6 is 27.5 Å². The number of nitrogens with zero attached hydrogens (tertiary/aromatic N) is 1. The van der Waals surface area contributed by atoms with Gasteiger partial charge >= 0.3 is 0 Å². The summed E-state index contributed by atoms with van der Waals surface area (Å²) in [6.45, 7) is 0.0318. The van der Waals surface area contributed by atoms with E-state index in [1.165, 1.54) is 18.2 Å². The molecule has 0 aliphatic heterocycles. The fourth-order valence-corrected chi connectivity index (χ4v) is 2.10. The molecule has 2 aromatic carbocycles. The molecule has 0 fully saturated rings. The summed E-state index contributed by atoms with van der Waals surface area (Å²) in [5, 5.41) is 11.7. The molecule has 0 saturated carbocycles. The number of hydrogen-bond acceptors (Lipinski definition) is 2. The minimum atomic E-state index is -0.525. The number of carbonyl (C=O) groups excluding carboxylic acids is 1. The number of hydrogen-bond donors (Lipinski definition) is 1. The van der Waals surface area contributed by atoms with Crippen LogP contribution in [0, 0.1) is 17.1 Å². The summed E-state index contributed by atoms with van der Waals surface area (Å²) in [5.41, 5.74) is 0.935. The summed E-state index contributed by atoms with van der Waals surface area (Å²) in [7, 11) is 0. The fourth-order valence-electron chi connectivity index (χ4n) is 1.68. The van der Waals surface area contributed by atoms with E-state index in [0.717, 1.165) is 6.07 Å². The maximum absolute atomic E-state index is 13.7. The van der Waals surface area contributed by atoms with Gasteiger partial charge in [0.05, 0.1) is 16.7 Å². The molecule has 1 N–H and O–H groups in total. The van der Waals surface area contributed by atoms with Crippen molar-refractivity contribution >= 4 is 33.4 Å². The lowest BCUT2D eigenvalue weighted by atomic mass is 10.1. The predicted octanol–water partition coefficient (Wildman–Crippen LogP) is 4.04. The number of nitrogens with one attached hydrogen (secondary N) is 1. The second-order valence-corrected chi connectivity index (χ2v) is 5.49. The van der Waals surface area contributed by atoms with Crippen molar-refractivity contribution < 1.29 is 9.18 Å². The highest BCUT2D eigenvalue weighted by atomic mass is 79.9. The van der Waals surface area contributed by atoms with Gasteiger partial charge in [0, 0.05) is 22.1 Å². The molecule has 0 saturated heterocycles. The molecule has 1 amide bonds. The van der Waals surface area contributed by atoms with Crippen LogP contribution in [0.1, 0.15) is 21.5 Å². The van der Waals surface area contributed by atoms with Crippen molar-refractivity contribution in [1.29, 1.82) is 5.26 Å². The van der Waals surface area contributed by atoms with Gasteiger partial charge in [-0.25, -0.2) is 4.39 Å². The second-order valence-electron chi connectivity index (χ2n) is 4.23. The Morgan fingerprint density at radius 3 is 2.71 bits per heavy atom. The van der Waals surface area contributed by atoms with Crippen LogP contribution in [-0.2, 0) is 6.54 Å². The van der Waals surface area contributed by atoms with E-state index in [0.29, 0.717) is 20.6 Å². The van der Waals surface area contributed by atoms with Crippen molar-refractivity contribution in [2.24, 2.45) is 0 Å². The number of halogens is 3. The van der Waals surface area contributed by atoms with Gasteiger partial charge in [0.2, 0.25) is 0 Å². The fraction of sp³-hybridized carbons (Fsp3) is 0.0667. The van der Waals surface area contributed by atoms with E-state index >= 15 is 0 Å². The summed E-state index contributed by atoms with van der Waals surface area (Å²) in [5.74, 6) is -0.878. The number of amides is 1. The SMILES string of the molecule is N#Cc1ccc(CNC(=O)c2ccc(Br)c(Cl)c2)c(F)c1. The molecular weight excluding hydrogens is 359 g/mol. The first kappa shape index (κ1) is 15.5. The number of benzene rings is 2. The molecule has 3 nitrogen and oxygen atoms in total. The highest BCUT2D eigenvalue weighted by molar-refractivity contribution is 9.10. The van der Waals surface area contributed by atoms with E-state index < -0.39 is 5.82 Å². The molecule has 0 aliphatic carbocycles. The monoisotopic (exact) mass is 366 g/mol. The standard InChI is InChI=1S/C15H9BrClFN2O/c16-12-4-3-10(6-13(12)17)15(21)20-8-11-2-1-9(7-19)5-14(11)18/h1-6H,8H2,(H,20,21). The number of nitriles is 1. The number of carbonyl (C=O) groups is 1. The molecule has 2 aromatic rings. The second kappa shape index (κ2) is 6.70. The Morgan fingerprint density at radius 2 is 2.10 bits per heavy atom. The first-order chi connectivity index (χ1) is 10.0. The van der Waals surface area contributed by atoms with Crippen LogP contribution in [0.4, 0.5) is 4.39 Å². The first-order valence-corrected chi connectivity index (χ1v) is 7.10. The lowest BCUT2D eigenvalue weighted by molar-refractivity contribution is 0.0950. The van der Waals surface area contributed by atoms with Crippen LogP contribution in [0.15, 0.2) is 40.9 Å². The molecule has 0 unspecified atom stereocenters. The van der Waals surface area contributed by atoms with E-state index in [1.54, 1.807) is 12.1 Å². The van der Waals surface area contributed by atoms with Gasteiger partial charge in [0.1, 0.15) is 5.82 Å². The van der Waals surface area contributed by atoms with Gasteiger partial charge in [-0.15, -0.1) is 0 Å². The van der Waals surface area contributed by atoms with Crippen molar-refractivity contribution in [3.8, 4) is 6.07 Å². The summed E-state index contributed by atoms with van der Waals surface area (Å²) < 4.78 is 14.4. The minimum Gasteiger partial charge on any atom is -0.348 e. The molecule has 0 aromatic heterocycles. The zero-order valence-corrected chi connectivity index (χ0v) is 13.0. The smallest absolute Gasteiger partial charge is 0.251 e. The third-order valence-corrected chi connectivity index (χ3v) is 4.04. The Balaban J connectivity index is 2.07. The van der Waals surface area contributed by atoms with E-state index in [4.69, 9.17) is 16.9 Å². The molecule has 2 rings (SSSR count). The van der Waals surface area contributed by atoms with Gasteiger partial charge in [-0.3, -0.25) is 4.79 Å². The Morgan fingerprint density at radius 1 is 1.33 bits per heavy atom. The van der Waals surface area contributed by atoms with Gasteiger partial charge in [-0.1, -0.05) is 17.7 Å². The molecule has 0 aliphatic rings. The van der Waals surface area contributed by atoms with E-state index in [1.807, 2.05) is 6.07 Å². The largest absolute Gasteiger partial charge is 0.348 e. The van der Waals surface area contributed by atoms with Gasteiger partial charge in [0.25, 0.3) is 5.91 Å². The van der Waals surface area contributed by atoms with Crippen molar-refractivity contribution in [3.63, 3.8) is 0 Å². The Labute approximate surface area is 134 Å². The highest BCUT2D eigenvalue weighted by Gasteiger charge is 2.09. The summed E-state index contributed by atoms with van der Waals surface area (Å²) in [6, 6.07) is 10.8. The van der Waals surface area contributed by atoms with Crippen molar-refractivity contribution in [1.82, 2.24) is 5.32 Å². The normalized spacial score (nSPS) is 10.0. The quantitative estimate of drug-likeness (QED) is 0.890. The Bertz CT molecular complexity index is 743. The predicted molar refractivity (Wildman–Crippen MR) is 81.4 cm³/mol. The van der Waals surface area contributed by atoms with Crippen LogP contribution in [0.25, 0.3) is 0 Å². The van der Waals surface area contributed by atoms with E-state index in [2.05, 4.69) is 21.2 Å². The van der Waals surface area contributed by atoms with Crippen molar-refractivity contribution in [2.45, 2.75) is 6.54 Å². The zero-order chi connectivity index (χ0) is 15.4. The minimum absolute atomic E-state index is 0.0318. The third-order valence-electron chi connectivity index (χ3n) is 2.80. The van der Waals surface area contributed by atoms with Gasteiger partial charge in [0.15, 0.2) is 0 Å². The van der Waals surface area contributed by atoms with Crippen LogP contribution in [-0.4, -0.2) is 5.91 Å². The van der Waals surface area contributed by atoms with Crippen molar-refractivity contribution in [3.05, 3.63) is 68.4 Å². The third kappa shape index (κ3) is 3.81. The molecular formula is C15H9BrClFN2O. The van der Waals surface area contributed by atoms with Crippen LogP contribution < -0.4 is 5.32 Å². The maximum Gasteiger partial charge on any atom is 0.251 e. The molecule has 21 heavy (non-hydrogen) atoms. The van der Waals surface area contributed by atoms with Crippen LogP contribution in [0.3, 0.4) is 0 Å². The highest BCUT2D eigenvalue weighted by Crippen LogP contribution is 2.23. The van der Waals surface area contributed by atoms with Crippen LogP contribution in [0.5, 0.6) is 0 Å². The molecule has 0 heterocycles. The van der Waals surface area contributed by atoms with E-state index in [9.17, 15) is 9.18 Å². The van der Waals surface area contributed by atoms with Crippen molar-refractivity contribution in [2.75, 3.05) is 0 Å². The lowest BCUT2D eigenvalue weighted by Crippen LogP contribution is -2.23. The van der Waals surface area contributed by atoms with Gasteiger partial charge in [-0.2, -0.15) is 5.26 Å². The molecule has 0 radical (unpaired) electrons. The lowest BCUT2D eigenvalue weighted by Gasteiger charge is -2.07. The average molecular weight is 368 g/mol. The Hall–Kier alpha value is -1.90. The molecule has 0 spiro atoms. The zero-order valence-electron chi connectivity index (χ0n) is 10.7. The van der Waals surface area contributed by atoms with E-state index in [-0.39, 0.29) is 18.0 Å². The maximum atomic E-state index is 13.7. The molecule has 0 atom stereocenters. The summed E-state index contributed by atoms with van der Waals surface area (Å²) in [4.78, 5) is 12.0.